The van der Waals surface area contributed by atoms with Crippen LogP contribution in [0.4, 0.5) is 0 Å². The summed E-state index contributed by atoms with van der Waals surface area (Å²) in [5.41, 5.74) is 0.568. The molecule has 1 aromatic rings. The second-order valence-electron chi connectivity index (χ2n) is 3.87. The maximum absolute atomic E-state index is 11.8. The van der Waals surface area contributed by atoms with E-state index in [0.717, 1.165) is 19.3 Å². The number of amides is 1. The lowest BCUT2D eigenvalue weighted by Crippen LogP contribution is -2.38. The normalized spacial score (nSPS) is 19.9. The molecule has 0 aliphatic carbocycles. The molecule has 0 saturated carbocycles. The molecule has 1 N–H and O–H groups in total. The third kappa shape index (κ3) is 3.38. The number of hydrogen-bond donors (Lipinski definition) is 1. The van der Waals surface area contributed by atoms with Crippen LogP contribution in [-0.4, -0.2) is 28.6 Å². The van der Waals surface area contributed by atoms with Crippen LogP contribution >= 0.6 is 11.6 Å². The molecule has 1 amide bonds. The van der Waals surface area contributed by atoms with E-state index in [1.807, 2.05) is 0 Å². The van der Waals surface area contributed by atoms with Crippen LogP contribution in [0.3, 0.4) is 0 Å². The molecule has 0 aromatic carbocycles. The summed E-state index contributed by atoms with van der Waals surface area (Å²) >= 11 is 5.84. The smallest absolute Gasteiger partial charge is 0.249 e. The van der Waals surface area contributed by atoms with E-state index in [9.17, 15) is 4.79 Å². The Kier molecular flexibility index (Phi) is 4.28. The second kappa shape index (κ2) is 5.93. The summed E-state index contributed by atoms with van der Waals surface area (Å²) in [5, 5.41) is 3.08. The zero-order valence-electron chi connectivity index (χ0n) is 9.36. The minimum absolute atomic E-state index is 0.105. The van der Waals surface area contributed by atoms with E-state index in [2.05, 4.69) is 15.3 Å². The lowest BCUT2D eigenvalue weighted by Gasteiger charge is -2.21. The molecule has 92 valence electrons. The summed E-state index contributed by atoms with van der Waals surface area (Å²) in [5.74, 6) is -0.105. The summed E-state index contributed by atoms with van der Waals surface area (Å²) in [6.45, 7) is 0.940. The molecular weight excluding hydrogens is 242 g/mol. The third-order valence-electron chi connectivity index (χ3n) is 2.63. The quantitative estimate of drug-likeness (QED) is 0.885. The van der Waals surface area contributed by atoms with Gasteiger partial charge in [0.1, 0.15) is 6.10 Å². The van der Waals surface area contributed by atoms with Gasteiger partial charge in [-0.1, -0.05) is 11.6 Å². The fraction of sp³-hybridized carbons (Fsp3) is 0.545. The van der Waals surface area contributed by atoms with Gasteiger partial charge in [-0.3, -0.25) is 9.78 Å². The van der Waals surface area contributed by atoms with Crippen molar-refractivity contribution in [2.45, 2.75) is 31.9 Å². The van der Waals surface area contributed by atoms with Crippen molar-refractivity contribution in [1.82, 2.24) is 15.3 Å². The number of rotatable bonds is 3. The minimum atomic E-state index is -0.334. The van der Waals surface area contributed by atoms with Gasteiger partial charge in [0.15, 0.2) is 5.15 Å². The number of ether oxygens (including phenoxy) is 1. The Balaban J connectivity index is 1.85. The first-order valence-electron chi connectivity index (χ1n) is 5.62. The Morgan fingerprint density at radius 1 is 1.47 bits per heavy atom. The van der Waals surface area contributed by atoms with Gasteiger partial charge < -0.3 is 10.1 Å². The SMILES string of the molecule is O=C(NCc1nccnc1Cl)C1CCCCO1. The molecule has 6 heteroatoms. The van der Waals surface area contributed by atoms with E-state index in [1.165, 1.54) is 6.20 Å². The topological polar surface area (TPSA) is 64.1 Å². The van der Waals surface area contributed by atoms with Crippen LogP contribution in [0.15, 0.2) is 12.4 Å². The van der Waals surface area contributed by atoms with Crippen molar-refractivity contribution in [3.05, 3.63) is 23.2 Å². The Morgan fingerprint density at radius 2 is 2.29 bits per heavy atom. The summed E-state index contributed by atoms with van der Waals surface area (Å²) < 4.78 is 5.38. The highest BCUT2D eigenvalue weighted by molar-refractivity contribution is 6.29. The fourth-order valence-electron chi connectivity index (χ4n) is 1.70. The molecule has 2 rings (SSSR count). The molecule has 1 atom stereocenters. The number of halogens is 1. The van der Waals surface area contributed by atoms with Gasteiger partial charge in [0.2, 0.25) is 5.91 Å². The number of nitrogens with zero attached hydrogens (tertiary/aromatic N) is 2. The number of aromatic nitrogens is 2. The predicted molar refractivity (Wildman–Crippen MR) is 62.5 cm³/mol. The Morgan fingerprint density at radius 3 is 3.00 bits per heavy atom. The first-order valence-corrected chi connectivity index (χ1v) is 6.00. The lowest BCUT2D eigenvalue weighted by molar-refractivity contribution is -0.135. The van der Waals surface area contributed by atoms with Crippen molar-refractivity contribution in [1.29, 1.82) is 0 Å². The number of hydrogen-bond acceptors (Lipinski definition) is 4. The molecule has 1 fully saturated rings. The van der Waals surface area contributed by atoms with Crippen molar-refractivity contribution < 1.29 is 9.53 Å². The van der Waals surface area contributed by atoms with Crippen LogP contribution in [0.2, 0.25) is 5.15 Å². The van der Waals surface area contributed by atoms with Crippen molar-refractivity contribution in [2.75, 3.05) is 6.61 Å². The van der Waals surface area contributed by atoms with Gasteiger partial charge >= 0.3 is 0 Å². The molecule has 1 unspecified atom stereocenters. The Bertz CT molecular complexity index is 394. The van der Waals surface area contributed by atoms with Gasteiger partial charge in [-0.05, 0) is 19.3 Å². The van der Waals surface area contributed by atoms with Gasteiger partial charge in [0.25, 0.3) is 0 Å². The highest BCUT2D eigenvalue weighted by atomic mass is 35.5. The van der Waals surface area contributed by atoms with Crippen molar-refractivity contribution in [3.63, 3.8) is 0 Å². The standard InChI is InChI=1S/C11H14ClN3O2/c12-10-8(13-4-5-14-10)7-15-11(16)9-3-1-2-6-17-9/h4-5,9H,1-3,6-7H2,(H,15,16). The summed E-state index contributed by atoms with van der Waals surface area (Å²) in [6, 6.07) is 0. The van der Waals surface area contributed by atoms with Crippen LogP contribution in [0.5, 0.6) is 0 Å². The maximum Gasteiger partial charge on any atom is 0.249 e. The largest absolute Gasteiger partial charge is 0.368 e. The fourth-order valence-corrected chi connectivity index (χ4v) is 1.87. The summed E-state index contributed by atoms with van der Waals surface area (Å²) in [4.78, 5) is 19.7. The van der Waals surface area contributed by atoms with Crippen LogP contribution in [0.25, 0.3) is 0 Å². The minimum Gasteiger partial charge on any atom is -0.368 e. The lowest BCUT2D eigenvalue weighted by atomic mass is 10.1. The van der Waals surface area contributed by atoms with E-state index in [1.54, 1.807) is 6.20 Å². The number of nitrogens with one attached hydrogen (secondary N) is 1. The molecule has 2 heterocycles. The maximum atomic E-state index is 11.8. The zero-order valence-corrected chi connectivity index (χ0v) is 10.1. The van der Waals surface area contributed by atoms with Crippen molar-refractivity contribution >= 4 is 17.5 Å². The van der Waals surface area contributed by atoms with Gasteiger partial charge in [-0.25, -0.2) is 4.98 Å². The van der Waals surface area contributed by atoms with Crippen LogP contribution in [0, 0.1) is 0 Å². The van der Waals surface area contributed by atoms with Crippen LogP contribution in [-0.2, 0) is 16.1 Å². The molecule has 0 bridgehead atoms. The number of carbonyl (C=O) groups is 1. The van der Waals surface area contributed by atoms with Crippen LogP contribution in [0.1, 0.15) is 25.0 Å². The first-order chi connectivity index (χ1) is 8.27. The Labute approximate surface area is 105 Å². The second-order valence-corrected chi connectivity index (χ2v) is 4.22. The first kappa shape index (κ1) is 12.3. The molecule has 1 aliphatic heterocycles. The average molecular weight is 256 g/mol. The monoisotopic (exact) mass is 255 g/mol. The van der Waals surface area contributed by atoms with E-state index in [0.29, 0.717) is 17.5 Å². The van der Waals surface area contributed by atoms with E-state index >= 15 is 0 Å². The van der Waals surface area contributed by atoms with Crippen molar-refractivity contribution in [3.8, 4) is 0 Å². The highest BCUT2D eigenvalue weighted by Crippen LogP contribution is 2.13. The molecule has 5 nitrogen and oxygen atoms in total. The molecular formula is C11H14ClN3O2. The van der Waals surface area contributed by atoms with E-state index < -0.39 is 0 Å². The molecule has 0 spiro atoms. The van der Waals surface area contributed by atoms with E-state index in [-0.39, 0.29) is 18.6 Å². The van der Waals surface area contributed by atoms with Gasteiger partial charge in [-0.2, -0.15) is 0 Å². The van der Waals surface area contributed by atoms with Crippen molar-refractivity contribution in [2.24, 2.45) is 0 Å². The third-order valence-corrected chi connectivity index (χ3v) is 2.94. The molecule has 1 aliphatic rings. The molecule has 1 aromatic heterocycles. The van der Waals surface area contributed by atoms with E-state index in [4.69, 9.17) is 16.3 Å². The van der Waals surface area contributed by atoms with Gasteiger partial charge in [0, 0.05) is 19.0 Å². The molecule has 17 heavy (non-hydrogen) atoms. The highest BCUT2D eigenvalue weighted by Gasteiger charge is 2.21. The van der Waals surface area contributed by atoms with Gasteiger partial charge in [-0.15, -0.1) is 0 Å². The zero-order chi connectivity index (χ0) is 12.1. The predicted octanol–water partition coefficient (Wildman–Crippen LogP) is 1.32. The van der Waals surface area contributed by atoms with Gasteiger partial charge in [0.05, 0.1) is 12.2 Å². The Hall–Kier alpha value is -1.20. The summed E-state index contributed by atoms with van der Waals surface area (Å²) in [7, 11) is 0. The average Bonchev–Trinajstić information content (AvgIpc) is 2.38. The van der Waals surface area contributed by atoms with Crippen LogP contribution < -0.4 is 5.32 Å². The number of carbonyl (C=O) groups excluding carboxylic acids is 1. The molecule has 0 radical (unpaired) electrons. The summed E-state index contributed by atoms with van der Waals surface area (Å²) in [6.07, 6.45) is 5.56. The molecule has 1 saturated heterocycles.